The summed E-state index contributed by atoms with van der Waals surface area (Å²) >= 11 is 0. The number of nitrogens with one attached hydrogen (secondary N) is 1. The molecule has 3 rings (SSSR count). The monoisotopic (exact) mass is 471 g/mol. The van der Waals surface area contributed by atoms with Gasteiger partial charge in [-0.05, 0) is 30.7 Å². The van der Waals surface area contributed by atoms with E-state index in [2.05, 4.69) is 14.6 Å². The maximum atomic E-state index is 13.1. The summed E-state index contributed by atoms with van der Waals surface area (Å²) < 4.78 is 73.5. The number of methoxy groups -OCH3 is 1. The molecule has 12 heteroatoms. The van der Waals surface area contributed by atoms with Crippen molar-refractivity contribution in [3.63, 3.8) is 0 Å². The molecule has 3 aromatic rings. The molecule has 0 radical (unpaired) electrons. The molecule has 0 atom stereocenters. The number of hydrogen-bond acceptors (Lipinski definition) is 6. The molecule has 32 heavy (non-hydrogen) atoms. The summed E-state index contributed by atoms with van der Waals surface area (Å²) in [6, 6.07) is 9.81. The van der Waals surface area contributed by atoms with Crippen LogP contribution in [0.2, 0.25) is 0 Å². The lowest BCUT2D eigenvalue weighted by atomic mass is 10.1. The van der Waals surface area contributed by atoms with Crippen molar-refractivity contribution in [1.82, 2.24) is 14.5 Å². The number of alkyl halides is 3. The largest absolute Gasteiger partial charge is 0.573 e. The fraction of sp³-hybridized carbons (Fsp3) is 0.300. The first-order valence-corrected chi connectivity index (χ1v) is 11.3. The number of para-hydroxylation sites is 1. The number of benzene rings is 2. The van der Waals surface area contributed by atoms with Crippen LogP contribution in [-0.4, -0.2) is 44.5 Å². The number of aromatic nitrogens is 2. The summed E-state index contributed by atoms with van der Waals surface area (Å²) in [4.78, 5) is 13.1. The van der Waals surface area contributed by atoms with Crippen LogP contribution in [-0.2, 0) is 16.6 Å². The third kappa shape index (κ3) is 5.77. The van der Waals surface area contributed by atoms with E-state index in [1.807, 2.05) is 0 Å². The number of fused-ring (bicyclic) bond motifs is 1. The highest BCUT2D eigenvalue weighted by molar-refractivity contribution is 7.88. The van der Waals surface area contributed by atoms with Gasteiger partial charge in [0.1, 0.15) is 22.7 Å². The van der Waals surface area contributed by atoms with Crippen molar-refractivity contribution in [3.8, 4) is 22.8 Å². The quantitative estimate of drug-likeness (QED) is 0.507. The van der Waals surface area contributed by atoms with Crippen LogP contribution in [0.15, 0.2) is 47.3 Å². The smallest absolute Gasteiger partial charge is 0.494 e. The van der Waals surface area contributed by atoms with Gasteiger partial charge in [-0.2, -0.15) is 5.10 Å². The Balaban J connectivity index is 2.09. The first kappa shape index (κ1) is 23.5. The molecular formula is C20H20F3N3O5S. The number of aryl methyl sites for hydroxylation is 1. The predicted molar refractivity (Wildman–Crippen MR) is 112 cm³/mol. The van der Waals surface area contributed by atoms with Crippen molar-refractivity contribution < 1.29 is 31.1 Å². The van der Waals surface area contributed by atoms with Crippen molar-refractivity contribution in [1.29, 1.82) is 0 Å². The van der Waals surface area contributed by atoms with Gasteiger partial charge in [0.05, 0.1) is 18.8 Å². The molecule has 0 saturated carbocycles. The van der Waals surface area contributed by atoms with Gasteiger partial charge in [-0.1, -0.05) is 18.2 Å². The Morgan fingerprint density at radius 3 is 2.53 bits per heavy atom. The van der Waals surface area contributed by atoms with E-state index in [0.717, 1.165) is 18.4 Å². The summed E-state index contributed by atoms with van der Waals surface area (Å²) in [5.41, 5.74) is -0.0293. The van der Waals surface area contributed by atoms with Crippen molar-refractivity contribution in [3.05, 3.63) is 52.7 Å². The lowest BCUT2D eigenvalue weighted by Crippen LogP contribution is -2.25. The average molecular weight is 471 g/mol. The van der Waals surface area contributed by atoms with Crippen molar-refractivity contribution in [2.24, 2.45) is 0 Å². The van der Waals surface area contributed by atoms with Crippen LogP contribution in [0.3, 0.4) is 0 Å². The van der Waals surface area contributed by atoms with Crippen LogP contribution in [0.5, 0.6) is 11.5 Å². The van der Waals surface area contributed by atoms with Gasteiger partial charge in [-0.3, -0.25) is 9.48 Å². The molecule has 1 aromatic heterocycles. The summed E-state index contributed by atoms with van der Waals surface area (Å²) in [5, 5.41) is 4.62. The Morgan fingerprint density at radius 2 is 1.88 bits per heavy atom. The number of hydrogen-bond donors (Lipinski definition) is 1. The third-order valence-electron chi connectivity index (χ3n) is 4.41. The van der Waals surface area contributed by atoms with Gasteiger partial charge in [0.25, 0.3) is 0 Å². The van der Waals surface area contributed by atoms with Gasteiger partial charge >= 0.3 is 6.36 Å². The average Bonchev–Trinajstić information content (AvgIpc) is 2.70. The van der Waals surface area contributed by atoms with E-state index in [9.17, 15) is 26.4 Å². The Bertz CT molecular complexity index is 1290. The van der Waals surface area contributed by atoms with Gasteiger partial charge < -0.3 is 9.47 Å². The Labute approximate surface area is 181 Å². The van der Waals surface area contributed by atoms with E-state index < -0.39 is 27.6 Å². The lowest BCUT2D eigenvalue weighted by molar-refractivity contribution is -0.274. The summed E-state index contributed by atoms with van der Waals surface area (Å²) in [7, 11) is -1.94. The van der Waals surface area contributed by atoms with E-state index >= 15 is 0 Å². The minimum Gasteiger partial charge on any atom is -0.494 e. The molecule has 0 saturated heterocycles. The van der Waals surface area contributed by atoms with E-state index in [1.54, 1.807) is 18.2 Å². The van der Waals surface area contributed by atoms with Gasteiger partial charge in [-0.15, -0.1) is 13.2 Å². The third-order valence-corrected chi connectivity index (χ3v) is 5.14. The second-order valence-corrected chi connectivity index (χ2v) is 8.69. The maximum Gasteiger partial charge on any atom is 0.573 e. The van der Waals surface area contributed by atoms with Crippen molar-refractivity contribution in [2.75, 3.05) is 19.9 Å². The lowest BCUT2D eigenvalue weighted by Gasteiger charge is -2.15. The summed E-state index contributed by atoms with van der Waals surface area (Å²) in [6.45, 7) is 0.346. The van der Waals surface area contributed by atoms with E-state index in [0.29, 0.717) is 17.7 Å². The normalized spacial score (nSPS) is 12.2. The van der Waals surface area contributed by atoms with E-state index in [1.165, 1.54) is 23.9 Å². The Hall–Kier alpha value is -3.12. The van der Waals surface area contributed by atoms with Crippen molar-refractivity contribution >= 4 is 20.9 Å². The van der Waals surface area contributed by atoms with Gasteiger partial charge in [-0.25, -0.2) is 13.1 Å². The van der Waals surface area contributed by atoms with Gasteiger partial charge in [0.15, 0.2) is 0 Å². The molecule has 0 bridgehead atoms. The molecule has 0 aliphatic heterocycles. The van der Waals surface area contributed by atoms with Crippen LogP contribution >= 0.6 is 0 Å². The molecule has 0 unspecified atom stereocenters. The van der Waals surface area contributed by atoms with Crippen LogP contribution in [0, 0.1) is 0 Å². The second-order valence-electron chi connectivity index (χ2n) is 6.85. The number of halogens is 3. The number of sulfonamides is 1. The highest BCUT2D eigenvalue weighted by atomic mass is 32.2. The van der Waals surface area contributed by atoms with Gasteiger partial charge in [0, 0.05) is 18.7 Å². The van der Waals surface area contributed by atoms with Crippen LogP contribution in [0.25, 0.3) is 22.2 Å². The molecule has 172 valence electrons. The molecule has 0 aliphatic carbocycles. The molecule has 0 fully saturated rings. The summed E-state index contributed by atoms with van der Waals surface area (Å²) in [5.74, 6) is -0.102. The first-order chi connectivity index (χ1) is 15.0. The molecule has 2 aromatic carbocycles. The molecule has 0 aliphatic rings. The molecule has 1 N–H and O–H groups in total. The minimum absolute atomic E-state index is 0.0746. The maximum absolute atomic E-state index is 13.1. The van der Waals surface area contributed by atoms with E-state index in [4.69, 9.17) is 4.74 Å². The van der Waals surface area contributed by atoms with Crippen LogP contribution < -0.4 is 19.6 Å². The zero-order valence-corrected chi connectivity index (χ0v) is 18.0. The van der Waals surface area contributed by atoms with Crippen molar-refractivity contribution in [2.45, 2.75) is 19.3 Å². The zero-order valence-electron chi connectivity index (χ0n) is 17.1. The minimum atomic E-state index is -4.88. The molecular weight excluding hydrogens is 451 g/mol. The fourth-order valence-electron chi connectivity index (χ4n) is 3.16. The molecule has 8 nitrogen and oxygen atoms in total. The molecule has 0 amide bonds. The highest BCUT2D eigenvalue weighted by Crippen LogP contribution is 2.28. The fourth-order valence-corrected chi connectivity index (χ4v) is 3.67. The molecule has 0 spiro atoms. The van der Waals surface area contributed by atoms with Gasteiger partial charge in [0.2, 0.25) is 15.5 Å². The van der Waals surface area contributed by atoms with Crippen LogP contribution in [0.4, 0.5) is 13.2 Å². The second kappa shape index (κ2) is 9.17. The summed E-state index contributed by atoms with van der Waals surface area (Å²) in [6.07, 6.45) is -3.50. The predicted octanol–water partition coefficient (Wildman–Crippen LogP) is 2.91. The number of nitrogens with zero attached hydrogens (tertiary/aromatic N) is 2. The number of rotatable bonds is 8. The van der Waals surface area contributed by atoms with Crippen LogP contribution in [0.1, 0.15) is 6.42 Å². The SMILES string of the molecule is COc1cccc2c(=O)c(-c3cccc(OC(F)(F)F)c3)nn(CCCNS(C)(=O)=O)c12. The topological polar surface area (TPSA) is 99.5 Å². The standard InChI is InChI=1S/C20H20F3N3O5S/c1-30-16-9-4-8-15-18(16)26(11-5-10-24-32(2,28)29)25-17(19(15)27)13-6-3-7-14(12-13)31-20(21,22)23/h3-4,6-9,12,24H,5,10-11H2,1-2H3. The Kier molecular flexibility index (Phi) is 6.74. The number of ether oxygens (including phenoxy) is 2. The Morgan fingerprint density at radius 1 is 1.16 bits per heavy atom. The first-order valence-electron chi connectivity index (χ1n) is 9.37. The highest BCUT2D eigenvalue weighted by Gasteiger charge is 2.31. The zero-order chi connectivity index (χ0) is 23.5. The van der Waals surface area contributed by atoms with E-state index in [-0.39, 0.29) is 29.7 Å². The molecule has 1 heterocycles.